The highest BCUT2D eigenvalue weighted by Gasteiger charge is 2.42. The van der Waals surface area contributed by atoms with E-state index in [1.165, 1.54) is 0 Å². The molecule has 24 heavy (non-hydrogen) atoms. The minimum absolute atomic E-state index is 0.0311. The topological polar surface area (TPSA) is 75.9 Å². The summed E-state index contributed by atoms with van der Waals surface area (Å²) in [5.41, 5.74) is 5.61. The van der Waals surface area contributed by atoms with Gasteiger partial charge in [-0.25, -0.2) is 4.79 Å². The molecule has 2 rings (SSSR count). The predicted octanol–water partition coefficient (Wildman–Crippen LogP) is 2.36. The summed E-state index contributed by atoms with van der Waals surface area (Å²) in [6.45, 7) is 10.8. The fourth-order valence-electron chi connectivity index (χ4n) is 3.14. The van der Waals surface area contributed by atoms with Gasteiger partial charge in [-0.15, -0.1) is 0 Å². The second-order valence-corrected chi connectivity index (χ2v) is 8.47. The summed E-state index contributed by atoms with van der Waals surface area (Å²) in [6, 6.07) is -0.121. The molecule has 138 valence electrons. The van der Waals surface area contributed by atoms with E-state index in [4.69, 9.17) is 10.5 Å². The van der Waals surface area contributed by atoms with Crippen LogP contribution in [0.5, 0.6) is 0 Å². The first-order valence-electron chi connectivity index (χ1n) is 9.16. The van der Waals surface area contributed by atoms with E-state index < -0.39 is 11.6 Å². The van der Waals surface area contributed by atoms with Crippen molar-refractivity contribution in [1.82, 2.24) is 9.80 Å². The van der Waals surface area contributed by atoms with E-state index >= 15 is 0 Å². The number of piperidine rings is 1. The molecule has 0 spiro atoms. The van der Waals surface area contributed by atoms with Crippen molar-refractivity contribution in [2.24, 2.45) is 11.7 Å². The van der Waals surface area contributed by atoms with Crippen molar-refractivity contribution in [3.63, 3.8) is 0 Å². The van der Waals surface area contributed by atoms with Gasteiger partial charge in [0.1, 0.15) is 5.60 Å². The maximum absolute atomic E-state index is 12.8. The highest BCUT2D eigenvalue weighted by atomic mass is 16.6. The highest BCUT2D eigenvalue weighted by Crippen LogP contribution is 2.32. The summed E-state index contributed by atoms with van der Waals surface area (Å²) in [7, 11) is 0. The zero-order valence-corrected chi connectivity index (χ0v) is 15.7. The minimum atomic E-state index is -0.504. The molecule has 2 atom stereocenters. The molecule has 1 aliphatic heterocycles. The van der Waals surface area contributed by atoms with E-state index in [1.54, 1.807) is 4.90 Å². The van der Waals surface area contributed by atoms with E-state index in [9.17, 15) is 9.59 Å². The lowest BCUT2D eigenvalue weighted by Gasteiger charge is -2.41. The predicted molar refractivity (Wildman–Crippen MR) is 93.5 cm³/mol. The number of amides is 2. The van der Waals surface area contributed by atoms with Crippen LogP contribution in [0.3, 0.4) is 0 Å². The van der Waals surface area contributed by atoms with E-state index in [0.717, 1.165) is 25.7 Å². The van der Waals surface area contributed by atoms with Gasteiger partial charge in [-0.3, -0.25) is 4.79 Å². The van der Waals surface area contributed by atoms with Crippen molar-refractivity contribution < 1.29 is 14.3 Å². The molecule has 0 aromatic carbocycles. The molecule has 2 fully saturated rings. The van der Waals surface area contributed by atoms with Gasteiger partial charge in [-0.2, -0.15) is 0 Å². The Morgan fingerprint density at radius 3 is 2.29 bits per heavy atom. The number of ether oxygens (including phenoxy) is 1. The van der Waals surface area contributed by atoms with Crippen molar-refractivity contribution in [2.45, 2.75) is 84.0 Å². The van der Waals surface area contributed by atoms with Gasteiger partial charge < -0.3 is 20.3 Å². The maximum Gasteiger partial charge on any atom is 0.410 e. The van der Waals surface area contributed by atoms with Crippen molar-refractivity contribution in [3.05, 3.63) is 0 Å². The van der Waals surface area contributed by atoms with Gasteiger partial charge in [0.05, 0.1) is 6.04 Å². The highest BCUT2D eigenvalue weighted by molar-refractivity contribution is 5.83. The van der Waals surface area contributed by atoms with Crippen LogP contribution in [0.4, 0.5) is 4.79 Å². The third-order valence-corrected chi connectivity index (χ3v) is 4.64. The quantitative estimate of drug-likeness (QED) is 0.853. The lowest BCUT2D eigenvalue weighted by molar-refractivity contribution is -0.137. The van der Waals surface area contributed by atoms with Crippen LogP contribution in [0.2, 0.25) is 0 Å². The number of likely N-dealkylation sites (tertiary alicyclic amines) is 1. The van der Waals surface area contributed by atoms with Crippen LogP contribution in [-0.2, 0) is 9.53 Å². The zero-order valence-electron chi connectivity index (χ0n) is 15.7. The summed E-state index contributed by atoms with van der Waals surface area (Å²) < 4.78 is 5.49. The molecule has 0 radical (unpaired) electrons. The van der Waals surface area contributed by atoms with E-state index in [-0.39, 0.29) is 24.0 Å². The Labute approximate surface area is 145 Å². The first-order valence-corrected chi connectivity index (χ1v) is 9.16. The van der Waals surface area contributed by atoms with Crippen molar-refractivity contribution in [3.8, 4) is 0 Å². The van der Waals surface area contributed by atoms with Gasteiger partial charge >= 0.3 is 6.09 Å². The van der Waals surface area contributed by atoms with Crippen LogP contribution in [0, 0.1) is 5.92 Å². The molecule has 0 aromatic rings. The fraction of sp³-hybridized carbons (Fsp3) is 0.889. The molecule has 1 aliphatic carbocycles. The smallest absolute Gasteiger partial charge is 0.410 e. The number of hydrogen-bond donors (Lipinski definition) is 1. The Morgan fingerprint density at radius 2 is 1.79 bits per heavy atom. The number of nitrogens with zero attached hydrogens (tertiary/aromatic N) is 2. The molecule has 2 unspecified atom stereocenters. The second kappa shape index (κ2) is 7.30. The second-order valence-electron chi connectivity index (χ2n) is 8.47. The van der Waals surface area contributed by atoms with Gasteiger partial charge in [-0.1, -0.05) is 13.8 Å². The van der Waals surface area contributed by atoms with Gasteiger partial charge in [0.15, 0.2) is 0 Å². The van der Waals surface area contributed by atoms with E-state index in [1.807, 2.05) is 39.5 Å². The van der Waals surface area contributed by atoms with Crippen LogP contribution in [-0.4, -0.2) is 58.6 Å². The standard InChI is InChI=1S/C18H33N3O3/c1-12(2)15(19)16(22)21(13-8-9-13)14-7-6-10-20(11-14)17(23)24-18(3,4)5/h12-15H,6-11,19H2,1-5H3. The largest absolute Gasteiger partial charge is 0.444 e. The molecule has 0 aromatic heterocycles. The zero-order chi connectivity index (χ0) is 18.1. The van der Waals surface area contributed by atoms with Gasteiger partial charge in [-0.05, 0) is 52.4 Å². The Morgan fingerprint density at radius 1 is 1.17 bits per heavy atom. The van der Waals surface area contributed by atoms with Crippen molar-refractivity contribution in [2.75, 3.05) is 13.1 Å². The van der Waals surface area contributed by atoms with Gasteiger partial charge in [0.25, 0.3) is 0 Å². The summed E-state index contributed by atoms with van der Waals surface area (Å²) in [4.78, 5) is 28.9. The minimum Gasteiger partial charge on any atom is -0.444 e. The maximum atomic E-state index is 12.8. The fourth-order valence-corrected chi connectivity index (χ4v) is 3.14. The Hall–Kier alpha value is -1.30. The first kappa shape index (κ1) is 19.0. The Kier molecular flexibility index (Phi) is 5.78. The Bertz CT molecular complexity index is 469. The monoisotopic (exact) mass is 339 g/mol. The lowest BCUT2D eigenvalue weighted by Crippen LogP contribution is -2.57. The average molecular weight is 339 g/mol. The van der Waals surface area contributed by atoms with Crippen LogP contribution in [0.25, 0.3) is 0 Å². The normalized spacial score (nSPS) is 23.1. The van der Waals surface area contributed by atoms with Crippen LogP contribution >= 0.6 is 0 Å². The van der Waals surface area contributed by atoms with Gasteiger partial charge in [0.2, 0.25) is 5.91 Å². The summed E-state index contributed by atoms with van der Waals surface area (Å²) in [6.07, 6.45) is 3.60. The molecule has 0 bridgehead atoms. The van der Waals surface area contributed by atoms with E-state index in [0.29, 0.717) is 19.1 Å². The number of nitrogens with two attached hydrogens (primary N) is 1. The SMILES string of the molecule is CC(C)C(N)C(=O)N(C1CC1)C1CCCN(C(=O)OC(C)(C)C)C1. The molecule has 1 heterocycles. The number of rotatable bonds is 4. The third-order valence-electron chi connectivity index (χ3n) is 4.64. The van der Waals surface area contributed by atoms with Crippen LogP contribution in [0.15, 0.2) is 0 Å². The van der Waals surface area contributed by atoms with Gasteiger partial charge in [0, 0.05) is 25.2 Å². The average Bonchev–Trinajstić information content (AvgIpc) is 3.29. The lowest BCUT2D eigenvalue weighted by atomic mass is 9.99. The number of hydrogen-bond acceptors (Lipinski definition) is 4. The summed E-state index contributed by atoms with van der Waals surface area (Å²) in [5.74, 6) is 0.146. The summed E-state index contributed by atoms with van der Waals surface area (Å²) >= 11 is 0. The number of carbonyl (C=O) groups is 2. The molecule has 1 saturated carbocycles. The van der Waals surface area contributed by atoms with Crippen molar-refractivity contribution >= 4 is 12.0 Å². The molecule has 6 heteroatoms. The molecule has 6 nitrogen and oxygen atoms in total. The summed E-state index contributed by atoms with van der Waals surface area (Å²) in [5, 5.41) is 0. The molecular formula is C18H33N3O3. The molecule has 2 amide bonds. The third kappa shape index (κ3) is 4.85. The molecule has 1 saturated heterocycles. The molecule has 2 aliphatic rings. The number of carbonyl (C=O) groups excluding carboxylic acids is 2. The molecule has 2 N–H and O–H groups in total. The van der Waals surface area contributed by atoms with Crippen LogP contribution < -0.4 is 5.73 Å². The van der Waals surface area contributed by atoms with E-state index in [2.05, 4.69) is 0 Å². The Balaban J connectivity index is 2.05. The van der Waals surface area contributed by atoms with Crippen LogP contribution in [0.1, 0.15) is 60.3 Å². The molecular weight excluding hydrogens is 306 g/mol. The first-order chi connectivity index (χ1) is 11.1. The van der Waals surface area contributed by atoms with Crippen molar-refractivity contribution in [1.29, 1.82) is 0 Å².